The van der Waals surface area contributed by atoms with Crippen LogP contribution in [0.1, 0.15) is 33.1 Å². The van der Waals surface area contributed by atoms with Gasteiger partial charge in [0.05, 0.1) is 11.4 Å². The molecule has 1 fully saturated rings. The molecule has 0 bridgehead atoms. The standard InChI is InChI=1S/C19H28N4O3S/c1-14-9-15(2)12-23(11-14)13-19(24)21-16-5-3-6-17(10-16)27(25,26)22-18-7-4-8-20-18/h3,5-6,10,14-15H,4,7-9,11-13H2,1-2H3,(H,20,22)(H,21,24). The predicted molar refractivity (Wildman–Crippen MR) is 106 cm³/mol. The Labute approximate surface area is 161 Å². The fourth-order valence-corrected chi connectivity index (χ4v) is 5.04. The van der Waals surface area contributed by atoms with Crippen LogP contribution in [-0.4, -0.2) is 51.2 Å². The average molecular weight is 393 g/mol. The highest BCUT2D eigenvalue weighted by atomic mass is 32.2. The van der Waals surface area contributed by atoms with Crippen LogP contribution in [0.4, 0.5) is 5.69 Å². The Morgan fingerprint density at radius 2 is 2.00 bits per heavy atom. The predicted octanol–water partition coefficient (Wildman–Crippen LogP) is 2.07. The SMILES string of the molecule is CC1CC(C)CN(CC(=O)Nc2cccc(S(=O)(=O)NC3=NCCC3)c2)C1. The number of sulfonamides is 1. The molecule has 148 valence electrons. The van der Waals surface area contributed by atoms with Crippen LogP contribution in [0.15, 0.2) is 34.2 Å². The second-order valence-corrected chi connectivity index (χ2v) is 9.44. The number of amides is 1. The molecule has 2 unspecified atom stereocenters. The first-order valence-corrected chi connectivity index (χ1v) is 11.0. The van der Waals surface area contributed by atoms with Crippen molar-refractivity contribution in [2.24, 2.45) is 16.8 Å². The number of likely N-dealkylation sites (tertiary alicyclic amines) is 1. The van der Waals surface area contributed by atoms with Crippen LogP contribution in [0.5, 0.6) is 0 Å². The van der Waals surface area contributed by atoms with Crippen molar-refractivity contribution in [1.82, 2.24) is 9.62 Å². The molecule has 0 aliphatic carbocycles. The Kier molecular flexibility index (Phi) is 6.16. The summed E-state index contributed by atoms with van der Waals surface area (Å²) < 4.78 is 27.5. The van der Waals surface area contributed by atoms with Crippen LogP contribution in [0.25, 0.3) is 0 Å². The van der Waals surface area contributed by atoms with Gasteiger partial charge in [0.25, 0.3) is 10.0 Å². The molecule has 2 N–H and O–H groups in total. The lowest BCUT2D eigenvalue weighted by Crippen LogP contribution is -2.42. The molecule has 0 spiro atoms. The lowest BCUT2D eigenvalue weighted by atomic mass is 9.92. The van der Waals surface area contributed by atoms with Crippen LogP contribution in [0, 0.1) is 11.8 Å². The van der Waals surface area contributed by atoms with Crippen molar-refractivity contribution in [2.75, 3.05) is 31.5 Å². The maximum absolute atomic E-state index is 12.5. The fraction of sp³-hybridized carbons (Fsp3) is 0.579. The van der Waals surface area contributed by atoms with E-state index in [1.165, 1.54) is 18.6 Å². The monoisotopic (exact) mass is 392 g/mol. The molecule has 1 saturated heterocycles. The number of amidine groups is 1. The maximum Gasteiger partial charge on any atom is 0.262 e. The van der Waals surface area contributed by atoms with E-state index >= 15 is 0 Å². The van der Waals surface area contributed by atoms with E-state index in [1.54, 1.807) is 12.1 Å². The summed E-state index contributed by atoms with van der Waals surface area (Å²) in [5, 5.41) is 2.82. The molecule has 1 amide bonds. The topological polar surface area (TPSA) is 90.9 Å². The number of carbonyl (C=O) groups is 1. The number of rotatable bonds is 5. The number of piperidine rings is 1. The Hall–Kier alpha value is -1.93. The Bertz CT molecular complexity index is 812. The zero-order chi connectivity index (χ0) is 19.4. The van der Waals surface area contributed by atoms with Crippen molar-refractivity contribution >= 4 is 27.5 Å². The minimum Gasteiger partial charge on any atom is -0.325 e. The maximum atomic E-state index is 12.5. The Morgan fingerprint density at radius 1 is 1.26 bits per heavy atom. The summed E-state index contributed by atoms with van der Waals surface area (Å²) >= 11 is 0. The summed E-state index contributed by atoms with van der Waals surface area (Å²) in [5.74, 6) is 1.54. The molecule has 27 heavy (non-hydrogen) atoms. The van der Waals surface area contributed by atoms with Crippen molar-refractivity contribution < 1.29 is 13.2 Å². The van der Waals surface area contributed by atoms with E-state index in [9.17, 15) is 13.2 Å². The van der Waals surface area contributed by atoms with Crippen LogP contribution < -0.4 is 10.0 Å². The number of anilines is 1. The van der Waals surface area contributed by atoms with E-state index in [4.69, 9.17) is 0 Å². The molecule has 2 aliphatic heterocycles. The Balaban J connectivity index is 1.62. The highest BCUT2D eigenvalue weighted by molar-refractivity contribution is 7.90. The number of aliphatic imine (C=N–C) groups is 1. The van der Waals surface area contributed by atoms with Crippen LogP contribution in [0.2, 0.25) is 0 Å². The van der Waals surface area contributed by atoms with E-state index in [-0.39, 0.29) is 10.8 Å². The molecule has 8 heteroatoms. The molecule has 2 heterocycles. The van der Waals surface area contributed by atoms with Gasteiger partial charge in [0.1, 0.15) is 5.84 Å². The summed E-state index contributed by atoms with van der Waals surface area (Å²) in [5.41, 5.74) is 0.481. The second-order valence-electron chi connectivity index (χ2n) is 7.75. The number of hydrogen-bond acceptors (Lipinski definition) is 5. The van der Waals surface area contributed by atoms with E-state index < -0.39 is 10.0 Å². The quantitative estimate of drug-likeness (QED) is 0.803. The van der Waals surface area contributed by atoms with Gasteiger partial charge in [0.15, 0.2) is 0 Å². The number of benzene rings is 1. The highest BCUT2D eigenvalue weighted by Crippen LogP contribution is 2.21. The van der Waals surface area contributed by atoms with Gasteiger partial charge in [-0.05, 0) is 42.9 Å². The molecule has 1 aromatic carbocycles. The van der Waals surface area contributed by atoms with Gasteiger partial charge in [-0.3, -0.25) is 19.4 Å². The zero-order valence-electron chi connectivity index (χ0n) is 15.9. The first kappa shape index (κ1) is 19.8. The van der Waals surface area contributed by atoms with Gasteiger partial charge < -0.3 is 5.32 Å². The lowest BCUT2D eigenvalue weighted by molar-refractivity contribution is -0.117. The normalized spacial score (nSPS) is 23.7. The van der Waals surface area contributed by atoms with Gasteiger partial charge in [-0.25, -0.2) is 8.42 Å². The van der Waals surface area contributed by atoms with Gasteiger partial charge in [-0.15, -0.1) is 0 Å². The third-order valence-electron chi connectivity index (χ3n) is 4.87. The largest absolute Gasteiger partial charge is 0.325 e. The van der Waals surface area contributed by atoms with E-state index in [1.807, 2.05) is 0 Å². The van der Waals surface area contributed by atoms with Gasteiger partial charge in [0, 0.05) is 31.7 Å². The molecule has 1 aromatic rings. The van der Waals surface area contributed by atoms with Gasteiger partial charge in [-0.1, -0.05) is 19.9 Å². The van der Waals surface area contributed by atoms with Crippen LogP contribution >= 0.6 is 0 Å². The summed E-state index contributed by atoms with van der Waals surface area (Å²) in [4.78, 5) is 18.8. The lowest BCUT2D eigenvalue weighted by Gasteiger charge is -2.34. The molecule has 7 nitrogen and oxygen atoms in total. The molecular weight excluding hydrogens is 364 g/mol. The van der Waals surface area contributed by atoms with Crippen LogP contribution in [0.3, 0.4) is 0 Å². The summed E-state index contributed by atoms with van der Waals surface area (Å²) in [6.07, 6.45) is 2.69. The van der Waals surface area contributed by atoms with Crippen molar-refractivity contribution in [3.63, 3.8) is 0 Å². The van der Waals surface area contributed by atoms with Gasteiger partial charge in [0.2, 0.25) is 5.91 Å². The van der Waals surface area contributed by atoms with Crippen molar-refractivity contribution in [2.45, 2.75) is 38.0 Å². The van der Waals surface area contributed by atoms with Crippen molar-refractivity contribution in [3.05, 3.63) is 24.3 Å². The van der Waals surface area contributed by atoms with E-state index in [2.05, 4.69) is 33.8 Å². The van der Waals surface area contributed by atoms with Gasteiger partial charge in [-0.2, -0.15) is 0 Å². The zero-order valence-corrected chi connectivity index (χ0v) is 16.8. The number of hydrogen-bond donors (Lipinski definition) is 2. The molecule has 0 saturated carbocycles. The highest BCUT2D eigenvalue weighted by Gasteiger charge is 2.23. The number of nitrogens with zero attached hydrogens (tertiary/aromatic N) is 2. The third-order valence-corrected chi connectivity index (χ3v) is 6.25. The third kappa shape index (κ3) is 5.52. The first-order chi connectivity index (χ1) is 12.8. The van der Waals surface area contributed by atoms with Crippen molar-refractivity contribution in [1.29, 1.82) is 0 Å². The number of nitrogens with one attached hydrogen (secondary N) is 2. The molecule has 2 aliphatic rings. The number of carbonyl (C=O) groups excluding carboxylic acids is 1. The van der Waals surface area contributed by atoms with E-state index in [0.717, 1.165) is 19.5 Å². The average Bonchev–Trinajstić information content (AvgIpc) is 3.06. The summed E-state index contributed by atoms with van der Waals surface area (Å²) in [6.45, 7) is 7.21. The van der Waals surface area contributed by atoms with Crippen LogP contribution in [-0.2, 0) is 14.8 Å². The molecular formula is C19H28N4O3S. The minimum atomic E-state index is -3.69. The summed E-state index contributed by atoms with van der Waals surface area (Å²) in [6, 6.07) is 6.33. The Morgan fingerprint density at radius 3 is 2.67 bits per heavy atom. The fourth-order valence-electron chi connectivity index (χ4n) is 3.90. The molecule has 0 aromatic heterocycles. The summed E-state index contributed by atoms with van der Waals surface area (Å²) in [7, 11) is -3.69. The second kappa shape index (κ2) is 8.39. The van der Waals surface area contributed by atoms with Gasteiger partial charge >= 0.3 is 0 Å². The van der Waals surface area contributed by atoms with Crippen molar-refractivity contribution in [3.8, 4) is 0 Å². The molecule has 3 rings (SSSR count). The van der Waals surface area contributed by atoms with E-state index in [0.29, 0.717) is 42.9 Å². The first-order valence-electron chi connectivity index (χ1n) is 9.50. The minimum absolute atomic E-state index is 0.120. The molecule has 2 atom stereocenters. The molecule has 0 radical (unpaired) electrons. The smallest absolute Gasteiger partial charge is 0.262 e.